The van der Waals surface area contributed by atoms with Gasteiger partial charge in [0.2, 0.25) is 5.89 Å². The molecule has 0 radical (unpaired) electrons. The van der Waals surface area contributed by atoms with Crippen LogP contribution in [0.4, 0.5) is 0 Å². The molecule has 0 bridgehead atoms. The predicted molar refractivity (Wildman–Crippen MR) is 34.3 cm³/mol. The molecule has 3 N–H and O–H groups in total. The number of H-pyrrole nitrogens is 1. The molecule has 0 aromatic carbocycles. The third-order valence-corrected chi connectivity index (χ3v) is 1.21. The molecule has 0 aliphatic carbocycles. The number of aromatic nitrogens is 2. The van der Waals surface area contributed by atoms with E-state index in [1.54, 1.807) is 0 Å². The van der Waals surface area contributed by atoms with E-state index >= 15 is 0 Å². The van der Waals surface area contributed by atoms with Crippen LogP contribution in [0.15, 0.2) is 9.32 Å². The van der Waals surface area contributed by atoms with Gasteiger partial charge in [-0.1, -0.05) is 6.92 Å². The highest BCUT2D eigenvalue weighted by atomic mass is 16.5. The van der Waals surface area contributed by atoms with Gasteiger partial charge in [-0.2, -0.15) is 10.1 Å². The Hall–Kier alpha value is -1.10. The van der Waals surface area contributed by atoms with E-state index < -0.39 is 5.69 Å². The van der Waals surface area contributed by atoms with Crippen molar-refractivity contribution in [3.05, 3.63) is 16.4 Å². The fourth-order valence-corrected chi connectivity index (χ4v) is 0.575. The van der Waals surface area contributed by atoms with E-state index in [2.05, 4.69) is 14.7 Å². The first kappa shape index (κ1) is 7.01. The van der Waals surface area contributed by atoms with Gasteiger partial charge in [-0.25, -0.2) is 4.79 Å². The summed E-state index contributed by atoms with van der Waals surface area (Å²) in [4.78, 5) is 13.9. The number of nitrogens with zero attached hydrogens (tertiary/aromatic N) is 1. The summed E-state index contributed by atoms with van der Waals surface area (Å²) in [6.07, 6.45) is 0.702. The lowest BCUT2D eigenvalue weighted by molar-refractivity contribution is 0.349. The molecule has 1 aromatic heterocycles. The molecule has 0 fully saturated rings. The van der Waals surface area contributed by atoms with Gasteiger partial charge in [0.15, 0.2) is 0 Å². The molecule has 1 unspecified atom stereocenters. The van der Waals surface area contributed by atoms with Crippen LogP contribution in [0.5, 0.6) is 0 Å². The molecule has 0 spiro atoms. The summed E-state index contributed by atoms with van der Waals surface area (Å²) < 4.78 is 4.64. The molecule has 0 aliphatic rings. The van der Waals surface area contributed by atoms with Gasteiger partial charge in [-0.15, -0.1) is 0 Å². The molecular formula is C5H9N3O2. The van der Waals surface area contributed by atoms with E-state index in [-0.39, 0.29) is 11.9 Å². The van der Waals surface area contributed by atoms with Crippen molar-refractivity contribution in [3.8, 4) is 0 Å². The van der Waals surface area contributed by atoms with Crippen molar-refractivity contribution in [3.63, 3.8) is 0 Å². The molecule has 5 nitrogen and oxygen atoms in total. The van der Waals surface area contributed by atoms with E-state index in [0.717, 1.165) is 0 Å². The number of aromatic amines is 1. The van der Waals surface area contributed by atoms with Crippen molar-refractivity contribution in [2.75, 3.05) is 0 Å². The van der Waals surface area contributed by atoms with Crippen LogP contribution in [-0.2, 0) is 0 Å². The fourth-order valence-electron chi connectivity index (χ4n) is 0.575. The SMILES string of the molecule is CCC(N)c1nc(=O)[nH]o1. The first-order chi connectivity index (χ1) is 4.74. The Bertz CT molecular complexity index is 251. The van der Waals surface area contributed by atoms with E-state index in [1.165, 1.54) is 0 Å². The van der Waals surface area contributed by atoms with Gasteiger partial charge >= 0.3 is 5.69 Å². The second-order valence-electron chi connectivity index (χ2n) is 1.97. The van der Waals surface area contributed by atoms with Crippen LogP contribution in [0, 0.1) is 0 Å². The lowest BCUT2D eigenvalue weighted by Crippen LogP contribution is -2.10. The molecule has 10 heavy (non-hydrogen) atoms. The summed E-state index contributed by atoms with van der Waals surface area (Å²) >= 11 is 0. The van der Waals surface area contributed by atoms with Gasteiger partial charge < -0.3 is 10.3 Å². The number of rotatable bonds is 2. The highest BCUT2D eigenvalue weighted by molar-refractivity contribution is 4.83. The zero-order valence-corrected chi connectivity index (χ0v) is 5.63. The molecule has 0 saturated heterocycles. The van der Waals surface area contributed by atoms with E-state index in [9.17, 15) is 4.79 Å². The van der Waals surface area contributed by atoms with Gasteiger partial charge in [0.05, 0.1) is 6.04 Å². The van der Waals surface area contributed by atoms with Crippen LogP contribution in [0.3, 0.4) is 0 Å². The standard InChI is InChI=1S/C5H9N3O2/c1-2-3(6)4-7-5(9)8-10-4/h3H,2,6H2,1H3,(H,8,9). The van der Waals surface area contributed by atoms with E-state index in [0.29, 0.717) is 6.42 Å². The molecule has 1 aromatic rings. The molecule has 1 atom stereocenters. The van der Waals surface area contributed by atoms with Crippen molar-refractivity contribution in [1.29, 1.82) is 0 Å². The van der Waals surface area contributed by atoms with E-state index in [4.69, 9.17) is 5.73 Å². The largest absolute Gasteiger partial charge is 0.377 e. The minimum atomic E-state index is -0.487. The number of hydrogen-bond acceptors (Lipinski definition) is 4. The van der Waals surface area contributed by atoms with Crippen LogP contribution in [0.25, 0.3) is 0 Å². The summed E-state index contributed by atoms with van der Waals surface area (Å²) in [7, 11) is 0. The Labute approximate surface area is 57.2 Å². The van der Waals surface area contributed by atoms with Gasteiger partial charge in [-0.3, -0.25) is 0 Å². The maximum absolute atomic E-state index is 10.4. The van der Waals surface area contributed by atoms with Crippen molar-refractivity contribution >= 4 is 0 Å². The molecule has 0 saturated carbocycles. The zero-order valence-electron chi connectivity index (χ0n) is 5.63. The molecule has 5 heteroatoms. The monoisotopic (exact) mass is 143 g/mol. The van der Waals surface area contributed by atoms with Crippen LogP contribution in [0.1, 0.15) is 25.3 Å². The van der Waals surface area contributed by atoms with Gasteiger partial charge in [0.25, 0.3) is 0 Å². The molecule has 0 amide bonds. The fraction of sp³-hybridized carbons (Fsp3) is 0.600. The van der Waals surface area contributed by atoms with Crippen molar-refractivity contribution in [1.82, 2.24) is 10.1 Å². The molecule has 56 valence electrons. The number of nitrogens with one attached hydrogen (secondary N) is 1. The van der Waals surface area contributed by atoms with Crippen LogP contribution in [-0.4, -0.2) is 10.1 Å². The number of hydrogen-bond donors (Lipinski definition) is 2. The van der Waals surface area contributed by atoms with Crippen molar-refractivity contribution in [2.24, 2.45) is 5.73 Å². The minimum Gasteiger partial charge on any atom is -0.360 e. The zero-order chi connectivity index (χ0) is 7.56. The third kappa shape index (κ3) is 1.24. The smallest absolute Gasteiger partial charge is 0.360 e. The first-order valence-electron chi connectivity index (χ1n) is 3.05. The normalized spacial score (nSPS) is 13.4. The maximum Gasteiger partial charge on any atom is 0.377 e. The quantitative estimate of drug-likeness (QED) is 0.599. The lowest BCUT2D eigenvalue weighted by atomic mass is 10.2. The van der Waals surface area contributed by atoms with Crippen LogP contribution in [0.2, 0.25) is 0 Å². The van der Waals surface area contributed by atoms with Crippen LogP contribution < -0.4 is 11.4 Å². The van der Waals surface area contributed by atoms with E-state index in [1.807, 2.05) is 6.92 Å². The second-order valence-corrected chi connectivity index (χ2v) is 1.97. The second kappa shape index (κ2) is 2.66. The summed E-state index contributed by atoms with van der Waals surface area (Å²) in [6.45, 7) is 1.89. The predicted octanol–water partition coefficient (Wildman–Crippen LogP) is -0.227. The Morgan fingerprint density at radius 2 is 2.60 bits per heavy atom. The summed E-state index contributed by atoms with van der Waals surface area (Å²) in [6, 6.07) is -0.279. The van der Waals surface area contributed by atoms with Crippen LogP contribution >= 0.6 is 0 Å². The minimum absolute atomic E-state index is 0.271. The first-order valence-corrected chi connectivity index (χ1v) is 3.05. The maximum atomic E-state index is 10.4. The molecule has 1 rings (SSSR count). The van der Waals surface area contributed by atoms with Gasteiger partial charge in [-0.05, 0) is 6.42 Å². The lowest BCUT2D eigenvalue weighted by Gasteiger charge is -1.98. The highest BCUT2D eigenvalue weighted by Gasteiger charge is 2.08. The average molecular weight is 143 g/mol. The average Bonchev–Trinajstić information content (AvgIpc) is 2.34. The Balaban J connectivity index is 2.84. The third-order valence-electron chi connectivity index (χ3n) is 1.21. The Kier molecular flexibility index (Phi) is 1.86. The van der Waals surface area contributed by atoms with Crippen molar-refractivity contribution < 1.29 is 4.52 Å². The number of nitrogens with two attached hydrogens (primary N) is 1. The molecule has 1 heterocycles. The molecule has 0 aliphatic heterocycles. The topological polar surface area (TPSA) is 84.9 Å². The molecular weight excluding hydrogens is 134 g/mol. The van der Waals surface area contributed by atoms with Gasteiger partial charge in [0, 0.05) is 0 Å². The summed E-state index contributed by atoms with van der Waals surface area (Å²) in [5.74, 6) is 0.271. The Morgan fingerprint density at radius 3 is 3.00 bits per heavy atom. The van der Waals surface area contributed by atoms with Crippen molar-refractivity contribution in [2.45, 2.75) is 19.4 Å². The highest BCUT2D eigenvalue weighted by Crippen LogP contribution is 2.06. The summed E-state index contributed by atoms with van der Waals surface area (Å²) in [5, 5.41) is 2.06. The summed E-state index contributed by atoms with van der Waals surface area (Å²) in [5.41, 5.74) is 5.01. The van der Waals surface area contributed by atoms with Gasteiger partial charge in [0.1, 0.15) is 0 Å². The Morgan fingerprint density at radius 1 is 1.90 bits per heavy atom.